The second-order valence-electron chi connectivity index (χ2n) is 17.0. The predicted molar refractivity (Wildman–Crippen MR) is 253 cm³/mol. The van der Waals surface area contributed by atoms with E-state index in [0.717, 1.165) is 50.2 Å². The number of carboxylic acids is 1. The Bertz CT molecular complexity index is 2830. The standard InChI is InChI=1S/C50H59N9O7.Fe/c1-11-32-26(5)36-19-37-28(7)34(13-15-46(60)58-44(17-25(3)4)49(64)59-45(18-31-23-51-24-52-31)48(63)53-30(9)50(65)66-10)42(56-37)22-43-35(14-16-47(61)62)29(8)39(57-43)21-41-33(12-2)27(6)38(55-41)20-40(32)54-36;/h11-12,19-25,30,44-45H,1-2,13-18H2,3-10H3,(H7,51,52,53,54,55,56,57,58,59,60,61,62,63,64);/q;+2/p-2. The molecule has 5 N–H and O–H groups in total. The number of rotatable bonds is 18. The van der Waals surface area contributed by atoms with E-state index in [1.807, 2.05) is 65.8 Å². The quantitative estimate of drug-likeness (QED) is 0.0569. The van der Waals surface area contributed by atoms with Gasteiger partial charge in [0.15, 0.2) is 0 Å². The summed E-state index contributed by atoms with van der Waals surface area (Å²) < 4.78 is 4.76. The van der Waals surface area contributed by atoms with Gasteiger partial charge in [0.25, 0.3) is 0 Å². The zero-order valence-electron chi connectivity index (χ0n) is 39.1. The van der Waals surface area contributed by atoms with Crippen LogP contribution in [0.2, 0.25) is 0 Å². The van der Waals surface area contributed by atoms with Gasteiger partial charge in [-0.1, -0.05) is 79.6 Å². The zero-order chi connectivity index (χ0) is 48.0. The number of methoxy groups -OCH3 is 1. The zero-order valence-corrected chi connectivity index (χ0v) is 40.2. The maximum Gasteiger partial charge on any atom is 2.00 e. The summed E-state index contributed by atoms with van der Waals surface area (Å²) in [5, 5.41) is 18.0. The molecule has 0 aliphatic carbocycles. The van der Waals surface area contributed by atoms with Crippen molar-refractivity contribution in [2.24, 2.45) is 5.92 Å². The van der Waals surface area contributed by atoms with Crippen molar-refractivity contribution in [2.75, 3.05) is 7.11 Å². The third-order valence-electron chi connectivity index (χ3n) is 12.0. The van der Waals surface area contributed by atoms with Crippen LogP contribution in [-0.2, 0) is 65.0 Å². The van der Waals surface area contributed by atoms with E-state index in [9.17, 15) is 29.1 Å². The van der Waals surface area contributed by atoms with Crippen LogP contribution < -0.4 is 25.9 Å². The number of hydrogen-bond donors (Lipinski definition) is 5. The number of hydrogen-bond acceptors (Lipinski definition) is 9. The number of ether oxygens (including phenoxy) is 1. The molecule has 16 nitrogen and oxygen atoms in total. The molecule has 8 bridgehead atoms. The number of aryl methyl sites for hydroxylation is 4. The number of fused-ring (bicyclic) bond motifs is 8. The summed E-state index contributed by atoms with van der Waals surface area (Å²) in [7, 11) is 1.21. The summed E-state index contributed by atoms with van der Waals surface area (Å²) >= 11 is 0. The minimum Gasteiger partial charge on any atom is -0.657 e. The Morgan fingerprint density at radius 2 is 1.28 bits per heavy atom. The first-order valence-corrected chi connectivity index (χ1v) is 21.9. The molecular weight excluding hydrogens is 894 g/mol. The molecule has 0 spiro atoms. The van der Waals surface area contributed by atoms with Gasteiger partial charge in [-0.2, -0.15) is 0 Å². The number of nitrogens with zero attached hydrogens (tertiary/aromatic N) is 5. The van der Waals surface area contributed by atoms with Gasteiger partial charge in [-0.15, -0.1) is 22.1 Å². The molecule has 3 atom stereocenters. The molecule has 6 heterocycles. The normalized spacial score (nSPS) is 13.6. The summed E-state index contributed by atoms with van der Waals surface area (Å²) in [6.07, 6.45) is 7.15. The number of H-pyrrole nitrogens is 1. The number of aromatic nitrogens is 6. The van der Waals surface area contributed by atoms with Gasteiger partial charge in [0.2, 0.25) is 17.7 Å². The van der Waals surface area contributed by atoms with Crippen molar-refractivity contribution >= 4 is 74.0 Å². The van der Waals surface area contributed by atoms with Crippen molar-refractivity contribution < 1.29 is 50.9 Å². The van der Waals surface area contributed by atoms with Crippen LogP contribution in [0.25, 0.3) is 44.4 Å². The number of carbonyl (C=O) groups excluding carboxylic acids is 4. The van der Waals surface area contributed by atoms with Crippen molar-refractivity contribution in [3.05, 3.63) is 113 Å². The SMILES string of the molecule is C=CC1=C(C)c2cc3[n-]c(cc4[n-]c(cc5nc(cc1n2)C(C)=C5C=C)c(C)c4CCC(=O)O)c(CCC(=O)NC(CC(C)C)C(=O)NC(Cc1cnc[nH]1)C(=O)NC(C)C(=O)OC)c3C.[Fe+2]. The van der Waals surface area contributed by atoms with Gasteiger partial charge in [-0.05, 0) is 77.0 Å². The van der Waals surface area contributed by atoms with Crippen LogP contribution in [0.4, 0.5) is 0 Å². The van der Waals surface area contributed by atoms with Gasteiger partial charge in [0.1, 0.15) is 18.1 Å². The Morgan fingerprint density at radius 3 is 1.81 bits per heavy atom. The molecular formula is C50H57FeN9O7. The van der Waals surface area contributed by atoms with Crippen LogP contribution in [-0.4, -0.2) is 79.9 Å². The smallest absolute Gasteiger partial charge is 0.657 e. The second-order valence-corrected chi connectivity index (χ2v) is 17.0. The molecule has 0 saturated heterocycles. The molecule has 2 aliphatic rings. The number of aromatic amines is 1. The molecule has 352 valence electrons. The summed E-state index contributed by atoms with van der Waals surface area (Å²) in [6.45, 7) is 21.3. The van der Waals surface area contributed by atoms with E-state index in [0.29, 0.717) is 44.8 Å². The third-order valence-corrected chi connectivity index (χ3v) is 12.0. The van der Waals surface area contributed by atoms with Gasteiger partial charge in [0.05, 0.1) is 36.2 Å². The maximum atomic E-state index is 14.0. The van der Waals surface area contributed by atoms with Crippen molar-refractivity contribution in [1.82, 2.24) is 45.9 Å². The van der Waals surface area contributed by atoms with E-state index in [4.69, 9.17) is 24.7 Å². The van der Waals surface area contributed by atoms with Crippen molar-refractivity contribution in [1.29, 1.82) is 0 Å². The van der Waals surface area contributed by atoms with Crippen LogP contribution in [0.1, 0.15) is 105 Å². The van der Waals surface area contributed by atoms with E-state index in [1.165, 1.54) is 26.6 Å². The number of nitrogens with one attached hydrogen (secondary N) is 4. The number of allylic oxidation sites excluding steroid dienone is 6. The summed E-state index contributed by atoms with van der Waals surface area (Å²) in [5.74, 6) is -3.19. The van der Waals surface area contributed by atoms with Crippen molar-refractivity contribution in [2.45, 2.75) is 105 Å². The van der Waals surface area contributed by atoms with Crippen LogP contribution in [0.15, 0.2) is 62.1 Å². The number of carbonyl (C=O) groups is 5. The number of imidazole rings is 1. The summed E-state index contributed by atoms with van der Waals surface area (Å²) in [4.78, 5) is 92.4. The molecule has 3 amide bonds. The molecule has 0 fully saturated rings. The molecule has 4 aromatic rings. The molecule has 6 rings (SSSR count). The molecule has 17 heteroatoms. The Balaban J connectivity index is 0.00000840. The van der Waals surface area contributed by atoms with E-state index in [2.05, 4.69) is 39.1 Å². The Kier molecular flexibility index (Phi) is 16.9. The van der Waals surface area contributed by atoms with Gasteiger partial charge in [-0.3, -0.25) is 19.2 Å². The van der Waals surface area contributed by atoms with Gasteiger partial charge in [-0.25, -0.2) is 19.7 Å². The van der Waals surface area contributed by atoms with Crippen LogP contribution in [0.5, 0.6) is 0 Å². The molecule has 0 aromatic carbocycles. The monoisotopic (exact) mass is 951 g/mol. The van der Waals surface area contributed by atoms with E-state index < -0.39 is 47.8 Å². The van der Waals surface area contributed by atoms with E-state index in [-0.39, 0.29) is 61.5 Å². The number of amides is 3. The second kappa shape index (κ2) is 22.1. The Hall–Kier alpha value is -6.84. The van der Waals surface area contributed by atoms with Crippen LogP contribution in [0.3, 0.4) is 0 Å². The molecule has 0 saturated carbocycles. The average Bonchev–Trinajstić information content (AvgIpc) is 4.07. The number of carboxylic acid groups (broad SMARTS) is 1. The maximum absolute atomic E-state index is 14.0. The fourth-order valence-corrected chi connectivity index (χ4v) is 8.24. The number of aliphatic carboxylic acids is 1. The Labute approximate surface area is 400 Å². The molecule has 4 aromatic heterocycles. The molecule has 67 heavy (non-hydrogen) atoms. The van der Waals surface area contributed by atoms with Gasteiger partial charge >= 0.3 is 29.0 Å². The first-order chi connectivity index (χ1) is 31.4. The van der Waals surface area contributed by atoms with Gasteiger partial charge in [0, 0.05) is 42.3 Å². The van der Waals surface area contributed by atoms with Crippen molar-refractivity contribution in [3.8, 4) is 0 Å². The first kappa shape index (κ1) is 51.1. The third kappa shape index (κ3) is 11.8. The van der Waals surface area contributed by atoms with E-state index in [1.54, 1.807) is 12.2 Å². The molecule has 3 unspecified atom stereocenters. The largest absolute Gasteiger partial charge is 2.00 e. The summed E-state index contributed by atoms with van der Waals surface area (Å²) in [6, 6.07) is 4.49. The van der Waals surface area contributed by atoms with Crippen LogP contribution in [0, 0.1) is 19.8 Å². The molecule has 0 radical (unpaired) electrons. The van der Waals surface area contributed by atoms with Crippen molar-refractivity contribution in [3.63, 3.8) is 0 Å². The minimum absolute atomic E-state index is 0. The fraction of sp³-hybridized carbons (Fsp3) is 0.360. The fourth-order valence-electron chi connectivity index (χ4n) is 8.24. The predicted octanol–water partition coefficient (Wildman–Crippen LogP) is 6.03. The minimum atomic E-state index is -1.11. The van der Waals surface area contributed by atoms with Crippen LogP contribution >= 0.6 is 0 Å². The summed E-state index contributed by atoms with van der Waals surface area (Å²) in [5.41, 5.74) is 12.4. The van der Waals surface area contributed by atoms with E-state index >= 15 is 0 Å². The number of esters is 1. The average molecular weight is 952 g/mol. The van der Waals surface area contributed by atoms with Gasteiger partial charge < -0.3 is 40.7 Å². The Morgan fingerprint density at radius 1 is 0.746 bits per heavy atom. The first-order valence-electron chi connectivity index (χ1n) is 21.9. The molecule has 2 aliphatic heterocycles. The topological polar surface area (TPSA) is 234 Å².